The number of para-hydroxylation sites is 4. The van der Waals surface area contributed by atoms with Crippen LogP contribution in [0.1, 0.15) is 11.1 Å². The summed E-state index contributed by atoms with van der Waals surface area (Å²) in [6.45, 7) is 0. The van der Waals surface area contributed by atoms with Gasteiger partial charge < -0.3 is 13.7 Å². The first-order chi connectivity index (χ1) is 25.8. The van der Waals surface area contributed by atoms with Gasteiger partial charge in [0.25, 0.3) is 0 Å². The highest BCUT2D eigenvalue weighted by Crippen LogP contribution is 2.41. The van der Waals surface area contributed by atoms with Gasteiger partial charge in [-0.3, -0.25) is 0 Å². The Morgan fingerprint density at radius 3 is 1.35 bits per heavy atom. The third-order valence-corrected chi connectivity index (χ3v) is 11.5. The van der Waals surface area contributed by atoms with Crippen molar-refractivity contribution in [3.05, 3.63) is 187 Å². The molecule has 0 radical (unpaired) electrons. The molecule has 8 aromatic carbocycles. The monoisotopic (exact) mass is 661 g/mol. The summed E-state index contributed by atoms with van der Waals surface area (Å²) < 4.78 is 7.32. The van der Waals surface area contributed by atoms with Crippen molar-refractivity contribution in [2.75, 3.05) is 0 Å². The van der Waals surface area contributed by atoms with Gasteiger partial charge in [0.15, 0.2) is 0 Å². The molecule has 1 aliphatic rings. The lowest BCUT2D eigenvalue weighted by Crippen LogP contribution is -1.98. The Hall–Kier alpha value is -6.84. The van der Waals surface area contributed by atoms with E-state index in [1.54, 1.807) is 0 Å². The van der Waals surface area contributed by atoms with Crippen LogP contribution in [0.25, 0.3) is 93.6 Å². The summed E-state index contributed by atoms with van der Waals surface area (Å²) in [5.41, 5.74) is 16.3. The molecule has 0 saturated carbocycles. The van der Waals surface area contributed by atoms with Crippen molar-refractivity contribution < 1.29 is 0 Å². The van der Waals surface area contributed by atoms with Crippen LogP contribution in [0.15, 0.2) is 176 Å². The zero-order valence-electron chi connectivity index (χ0n) is 28.3. The van der Waals surface area contributed by atoms with Gasteiger partial charge in [0.05, 0.1) is 33.1 Å². The van der Waals surface area contributed by atoms with Crippen LogP contribution in [0.5, 0.6) is 0 Å². The molecule has 0 bridgehead atoms. The van der Waals surface area contributed by atoms with Crippen molar-refractivity contribution >= 4 is 65.4 Å². The molecule has 3 nitrogen and oxygen atoms in total. The predicted molar refractivity (Wildman–Crippen MR) is 218 cm³/mol. The molecule has 3 aromatic heterocycles. The van der Waals surface area contributed by atoms with Gasteiger partial charge in [0, 0.05) is 49.4 Å². The summed E-state index contributed by atoms with van der Waals surface area (Å²) in [4.78, 5) is 0. The van der Waals surface area contributed by atoms with Crippen LogP contribution in [0.4, 0.5) is 0 Å². The van der Waals surface area contributed by atoms with Gasteiger partial charge in [-0.2, -0.15) is 0 Å². The maximum Gasteiger partial charge on any atom is 0.0561 e. The van der Waals surface area contributed by atoms with E-state index < -0.39 is 0 Å². The van der Waals surface area contributed by atoms with Crippen LogP contribution in [-0.2, 0) is 6.42 Å². The summed E-state index contributed by atoms with van der Waals surface area (Å²) >= 11 is 0. The van der Waals surface area contributed by atoms with Gasteiger partial charge in [0.1, 0.15) is 0 Å². The van der Waals surface area contributed by atoms with Crippen molar-refractivity contribution in [3.8, 4) is 28.2 Å². The first-order valence-electron chi connectivity index (χ1n) is 18.1. The highest BCUT2D eigenvalue weighted by atomic mass is 15.0. The van der Waals surface area contributed by atoms with E-state index in [0.717, 1.165) is 17.8 Å². The Kier molecular flexibility index (Phi) is 5.56. The summed E-state index contributed by atoms with van der Waals surface area (Å²) in [5, 5.41) is 7.56. The maximum absolute atomic E-state index is 2.46. The molecule has 12 rings (SSSR count). The second-order valence-corrected chi connectivity index (χ2v) is 14.2. The molecule has 0 aliphatic heterocycles. The standard InChI is InChI=1S/C49H31N3/c1-2-12-36-31(11-1)27-32-21-22-33(28-42(32)36)50-47-20-10-6-16-40(47)43-29-34(24-26-48(43)50)52-46-19-9-5-15-39(46)41-25-23-35(30-49(41)52)51-44-17-7-3-13-37(44)38-14-4-8-18-45(38)51/h1-26,28-30H,27H2. The minimum atomic E-state index is 1.000. The zero-order valence-corrected chi connectivity index (χ0v) is 28.3. The minimum Gasteiger partial charge on any atom is -0.309 e. The molecule has 0 unspecified atom stereocenters. The number of fused-ring (bicyclic) bond motifs is 12. The number of hydrogen-bond donors (Lipinski definition) is 0. The van der Waals surface area contributed by atoms with Crippen molar-refractivity contribution in [1.29, 1.82) is 0 Å². The Morgan fingerprint density at radius 2 is 0.692 bits per heavy atom. The summed E-state index contributed by atoms with van der Waals surface area (Å²) in [7, 11) is 0. The van der Waals surface area contributed by atoms with Crippen molar-refractivity contribution in [2.24, 2.45) is 0 Å². The molecule has 242 valence electrons. The molecule has 52 heavy (non-hydrogen) atoms. The Morgan fingerprint density at radius 1 is 0.269 bits per heavy atom. The van der Waals surface area contributed by atoms with E-state index in [9.17, 15) is 0 Å². The van der Waals surface area contributed by atoms with Crippen LogP contribution in [0.3, 0.4) is 0 Å². The highest BCUT2D eigenvalue weighted by molar-refractivity contribution is 6.13. The maximum atomic E-state index is 2.46. The van der Waals surface area contributed by atoms with Crippen LogP contribution in [-0.4, -0.2) is 13.7 Å². The Balaban J connectivity index is 1.10. The lowest BCUT2D eigenvalue weighted by molar-refractivity contribution is 1.15. The number of hydrogen-bond acceptors (Lipinski definition) is 0. The fourth-order valence-electron chi connectivity index (χ4n) is 9.21. The second-order valence-electron chi connectivity index (χ2n) is 14.2. The molecule has 11 aromatic rings. The molecule has 0 amide bonds. The van der Waals surface area contributed by atoms with Crippen LogP contribution in [0.2, 0.25) is 0 Å². The fraction of sp³-hybridized carbons (Fsp3) is 0.0204. The fourth-order valence-corrected chi connectivity index (χ4v) is 9.21. The summed E-state index contributed by atoms with van der Waals surface area (Å²) in [6, 6.07) is 65.0. The largest absolute Gasteiger partial charge is 0.309 e. The smallest absolute Gasteiger partial charge is 0.0561 e. The van der Waals surface area contributed by atoms with Gasteiger partial charge in [-0.05, 0) is 95.4 Å². The van der Waals surface area contributed by atoms with Crippen LogP contribution >= 0.6 is 0 Å². The lowest BCUT2D eigenvalue weighted by Gasteiger charge is -2.13. The summed E-state index contributed by atoms with van der Waals surface area (Å²) in [6.07, 6.45) is 1.000. The zero-order chi connectivity index (χ0) is 33.9. The molecule has 0 N–H and O–H groups in total. The van der Waals surface area contributed by atoms with Crippen LogP contribution < -0.4 is 0 Å². The van der Waals surface area contributed by atoms with Gasteiger partial charge in [0.2, 0.25) is 0 Å². The van der Waals surface area contributed by atoms with Crippen LogP contribution in [0, 0.1) is 0 Å². The van der Waals surface area contributed by atoms with E-state index in [4.69, 9.17) is 0 Å². The quantitative estimate of drug-likeness (QED) is 0.179. The first kappa shape index (κ1) is 27.9. The second kappa shape index (κ2) is 10.3. The van der Waals surface area contributed by atoms with Crippen molar-refractivity contribution in [3.63, 3.8) is 0 Å². The number of nitrogens with zero attached hydrogens (tertiary/aromatic N) is 3. The van der Waals surface area contributed by atoms with Gasteiger partial charge in [-0.1, -0.05) is 109 Å². The Bertz CT molecular complexity index is 3220. The molecule has 0 spiro atoms. The van der Waals surface area contributed by atoms with Gasteiger partial charge >= 0.3 is 0 Å². The molecule has 0 atom stereocenters. The van der Waals surface area contributed by atoms with E-state index in [-0.39, 0.29) is 0 Å². The number of aromatic nitrogens is 3. The van der Waals surface area contributed by atoms with Gasteiger partial charge in [-0.25, -0.2) is 0 Å². The first-order valence-corrected chi connectivity index (χ1v) is 18.1. The molecular formula is C49H31N3. The molecule has 1 aliphatic carbocycles. The minimum absolute atomic E-state index is 1.000. The van der Waals surface area contributed by atoms with E-state index in [1.165, 1.54) is 93.4 Å². The molecule has 0 fully saturated rings. The van der Waals surface area contributed by atoms with Crippen molar-refractivity contribution in [2.45, 2.75) is 6.42 Å². The third kappa shape index (κ3) is 3.74. The Labute approximate surface area is 299 Å². The van der Waals surface area contributed by atoms with E-state index in [0.29, 0.717) is 0 Å². The molecule has 0 saturated heterocycles. The lowest BCUT2D eigenvalue weighted by atomic mass is 10.1. The van der Waals surface area contributed by atoms with E-state index >= 15 is 0 Å². The molecule has 3 heterocycles. The number of benzene rings is 8. The summed E-state index contributed by atoms with van der Waals surface area (Å²) in [5.74, 6) is 0. The average Bonchev–Trinajstić information content (AvgIpc) is 3.93. The average molecular weight is 662 g/mol. The number of rotatable bonds is 3. The highest BCUT2D eigenvalue weighted by Gasteiger charge is 2.21. The normalized spacial score (nSPS) is 12.5. The topological polar surface area (TPSA) is 14.8 Å². The van der Waals surface area contributed by atoms with Crippen molar-refractivity contribution in [1.82, 2.24) is 13.7 Å². The molecular weight excluding hydrogens is 631 g/mol. The van der Waals surface area contributed by atoms with Gasteiger partial charge in [-0.15, -0.1) is 0 Å². The third-order valence-electron chi connectivity index (χ3n) is 11.5. The molecule has 3 heteroatoms. The predicted octanol–water partition coefficient (Wildman–Crippen LogP) is 12.5. The van der Waals surface area contributed by atoms with E-state index in [1.807, 2.05) is 0 Å². The van der Waals surface area contributed by atoms with E-state index in [2.05, 4.69) is 190 Å². The SMILES string of the molecule is c1ccc2c(c1)Cc1ccc(-n3c4ccccc4c4cc(-n5c6ccccc6c6ccc(-n7c8ccccc8c8ccccc87)cc65)ccc43)cc1-2.